The van der Waals surface area contributed by atoms with Gasteiger partial charge in [0.2, 0.25) is 0 Å². The number of carboxylic acid groups (broad SMARTS) is 1. The number of benzene rings is 3. The number of morpholine rings is 1. The zero-order valence-electron chi connectivity index (χ0n) is 28.8. The SMILES string of the molecule is COc1ccc(CNc2nccn3c(C4CN(C(=O)O)C(CO[Si](c5ccccc5)(c5ccccc5)C(C)(C)C)CO4)nc(Br)c23)c(OC)c1. The van der Waals surface area contributed by atoms with Crippen LogP contribution in [0.25, 0.3) is 5.52 Å². The number of rotatable bonds is 11. The highest BCUT2D eigenvalue weighted by Gasteiger charge is 2.51. The number of halogens is 1. The van der Waals surface area contributed by atoms with Crippen LogP contribution in [0.1, 0.15) is 38.3 Å². The number of amides is 1. The Morgan fingerprint density at radius 2 is 1.72 bits per heavy atom. The second-order valence-corrected chi connectivity index (χ2v) is 18.2. The van der Waals surface area contributed by atoms with Gasteiger partial charge in [0.25, 0.3) is 8.32 Å². The van der Waals surface area contributed by atoms with Gasteiger partial charge in [-0.15, -0.1) is 0 Å². The minimum Gasteiger partial charge on any atom is -0.497 e. The van der Waals surface area contributed by atoms with Crippen LogP contribution in [0.4, 0.5) is 10.6 Å². The summed E-state index contributed by atoms with van der Waals surface area (Å²) in [4.78, 5) is 23.6. The first kappa shape index (κ1) is 35.4. The lowest BCUT2D eigenvalue weighted by Crippen LogP contribution is -2.68. The molecule has 2 aromatic heterocycles. The summed E-state index contributed by atoms with van der Waals surface area (Å²) in [5.41, 5.74) is 1.63. The summed E-state index contributed by atoms with van der Waals surface area (Å²) in [5.74, 6) is 2.55. The normalized spacial score (nSPS) is 16.7. The topological polar surface area (TPSA) is 120 Å². The van der Waals surface area contributed by atoms with Crippen LogP contribution in [0.3, 0.4) is 0 Å². The van der Waals surface area contributed by atoms with Crippen LogP contribution in [0.5, 0.6) is 11.5 Å². The Kier molecular flexibility index (Phi) is 10.5. The van der Waals surface area contributed by atoms with Crippen LogP contribution in [0.15, 0.2) is 95.9 Å². The molecule has 11 nitrogen and oxygen atoms in total. The van der Waals surface area contributed by atoms with E-state index < -0.39 is 26.6 Å². The van der Waals surface area contributed by atoms with Crippen molar-refractivity contribution >= 4 is 52.0 Å². The summed E-state index contributed by atoms with van der Waals surface area (Å²) >= 11 is 3.62. The summed E-state index contributed by atoms with van der Waals surface area (Å²) in [6, 6.07) is 25.8. The lowest BCUT2D eigenvalue weighted by atomic mass is 10.2. The summed E-state index contributed by atoms with van der Waals surface area (Å²) in [7, 11) is 0.345. The minimum absolute atomic E-state index is 0.0871. The lowest BCUT2D eigenvalue weighted by Gasteiger charge is -2.45. The lowest BCUT2D eigenvalue weighted by molar-refractivity contribution is -0.0696. The summed E-state index contributed by atoms with van der Waals surface area (Å²) < 4.78 is 26.9. The smallest absolute Gasteiger partial charge is 0.407 e. The van der Waals surface area contributed by atoms with Gasteiger partial charge in [-0.25, -0.2) is 14.8 Å². The molecule has 2 atom stereocenters. The molecule has 1 fully saturated rings. The average Bonchev–Trinajstić information content (AvgIpc) is 3.47. The summed E-state index contributed by atoms with van der Waals surface area (Å²) in [5, 5.41) is 15.9. The van der Waals surface area contributed by atoms with E-state index in [1.165, 1.54) is 4.90 Å². The molecular weight excluding hydrogens is 718 g/mol. The van der Waals surface area contributed by atoms with E-state index >= 15 is 0 Å². The van der Waals surface area contributed by atoms with Gasteiger partial charge in [0.05, 0.1) is 40.0 Å². The molecule has 0 radical (unpaired) electrons. The van der Waals surface area contributed by atoms with E-state index in [-0.39, 0.29) is 24.8 Å². The predicted molar refractivity (Wildman–Crippen MR) is 198 cm³/mol. The maximum atomic E-state index is 12.8. The highest BCUT2D eigenvalue weighted by Crippen LogP contribution is 2.38. The number of anilines is 1. The maximum absolute atomic E-state index is 12.8. The van der Waals surface area contributed by atoms with E-state index in [2.05, 4.69) is 71.3 Å². The molecular formula is C37H42BrN5O6Si. The molecule has 50 heavy (non-hydrogen) atoms. The third-order valence-corrected chi connectivity index (χ3v) is 14.8. The van der Waals surface area contributed by atoms with Crippen LogP contribution in [-0.2, 0) is 15.7 Å². The van der Waals surface area contributed by atoms with Crippen LogP contribution < -0.4 is 25.2 Å². The Bertz CT molecular complexity index is 1900. The van der Waals surface area contributed by atoms with Crippen molar-refractivity contribution < 1.29 is 28.5 Å². The van der Waals surface area contributed by atoms with Crippen molar-refractivity contribution in [2.45, 2.75) is 44.5 Å². The third kappa shape index (κ3) is 6.82. The van der Waals surface area contributed by atoms with Gasteiger partial charge in [0.15, 0.2) is 5.82 Å². The molecule has 2 N–H and O–H groups in total. The molecule has 3 aromatic carbocycles. The number of carbonyl (C=O) groups is 1. The first-order valence-corrected chi connectivity index (χ1v) is 19.1. The number of hydrogen-bond acceptors (Lipinski definition) is 8. The standard InChI is InChI=1S/C37H42BrN5O6Si/c1-37(2,3)50(28-12-8-6-9-13-28,29-14-10-7-11-15-29)49-24-26-23-48-31(22-43(26)36(44)45)35-41-33(38)32-34(39-18-19-42(32)35)40-21-25-16-17-27(46-4)20-30(25)47-5/h6-20,26,31H,21-24H2,1-5H3,(H,39,40)(H,44,45). The second kappa shape index (κ2) is 14.8. The number of ether oxygens (including phenoxy) is 3. The fourth-order valence-corrected chi connectivity index (χ4v) is 11.9. The number of imidazole rings is 1. The van der Waals surface area contributed by atoms with Crippen LogP contribution in [0.2, 0.25) is 5.04 Å². The van der Waals surface area contributed by atoms with Crippen molar-refractivity contribution in [1.82, 2.24) is 19.3 Å². The fraction of sp³-hybridized carbons (Fsp3) is 0.324. The number of aromatic nitrogens is 3. The van der Waals surface area contributed by atoms with E-state index in [1.807, 2.05) is 59.0 Å². The van der Waals surface area contributed by atoms with Gasteiger partial charge in [-0.2, -0.15) is 0 Å². The van der Waals surface area contributed by atoms with Gasteiger partial charge >= 0.3 is 6.09 Å². The molecule has 1 aliphatic rings. The monoisotopic (exact) mass is 759 g/mol. The fourth-order valence-electron chi connectivity index (χ4n) is 6.76. The van der Waals surface area contributed by atoms with E-state index in [0.29, 0.717) is 39.8 Å². The second-order valence-electron chi connectivity index (χ2n) is 13.2. The Hall–Kier alpha value is -4.43. The Labute approximate surface area is 301 Å². The number of nitrogens with zero attached hydrogens (tertiary/aromatic N) is 4. The van der Waals surface area contributed by atoms with E-state index in [1.54, 1.807) is 26.6 Å². The van der Waals surface area contributed by atoms with Gasteiger partial charge < -0.3 is 29.1 Å². The van der Waals surface area contributed by atoms with Gasteiger partial charge in [0.1, 0.15) is 33.5 Å². The van der Waals surface area contributed by atoms with E-state index in [4.69, 9.17) is 23.6 Å². The molecule has 1 amide bonds. The quantitative estimate of drug-likeness (QED) is 0.154. The number of nitrogens with one attached hydrogen (secondary N) is 1. The molecule has 3 heterocycles. The number of methoxy groups -OCH3 is 2. The van der Waals surface area contributed by atoms with Crippen molar-refractivity contribution in [3.63, 3.8) is 0 Å². The first-order chi connectivity index (χ1) is 24.1. The molecule has 2 unspecified atom stereocenters. The zero-order chi connectivity index (χ0) is 35.5. The van der Waals surface area contributed by atoms with Crippen molar-refractivity contribution in [1.29, 1.82) is 0 Å². The number of hydrogen-bond donors (Lipinski definition) is 2. The van der Waals surface area contributed by atoms with Crippen molar-refractivity contribution in [2.24, 2.45) is 0 Å². The summed E-state index contributed by atoms with van der Waals surface area (Å²) in [6.45, 7) is 7.47. The molecule has 0 aliphatic carbocycles. The molecule has 6 rings (SSSR count). The largest absolute Gasteiger partial charge is 0.497 e. The highest BCUT2D eigenvalue weighted by atomic mass is 79.9. The molecule has 0 bridgehead atoms. The molecule has 1 saturated heterocycles. The van der Waals surface area contributed by atoms with Gasteiger partial charge in [-0.3, -0.25) is 9.30 Å². The van der Waals surface area contributed by atoms with Crippen molar-refractivity contribution in [3.8, 4) is 11.5 Å². The average molecular weight is 761 g/mol. The maximum Gasteiger partial charge on any atom is 0.407 e. The molecule has 0 saturated carbocycles. The van der Waals surface area contributed by atoms with Crippen LogP contribution in [-0.4, -0.2) is 78.8 Å². The summed E-state index contributed by atoms with van der Waals surface area (Å²) in [6.07, 6.45) is 1.82. The first-order valence-electron chi connectivity index (χ1n) is 16.4. The van der Waals surface area contributed by atoms with Crippen molar-refractivity contribution in [2.75, 3.05) is 39.3 Å². The minimum atomic E-state index is -2.89. The van der Waals surface area contributed by atoms with Crippen LogP contribution in [0, 0.1) is 0 Å². The Morgan fingerprint density at radius 3 is 2.32 bits per heavy atom. The molecule has 1 aliphatic heterocycles. The zero-order valence-corrected chi connectivity index (χ0v) is 31.4. The highest BCUT2D eigenvalue weighted by molar-refractivity contribution is 9.10. The third-order valence-electron chi connectivity index (χ3n) is 9.22. The molecule has 13 heteroatoms. The van der Waals surface area contributed by atoms with Gasteiger partial charge in [0, 0.05) is 30.6 Å². The van der Waals surface area contributed by atoms with E-state index in [9.17, 15) is 9.90 Å². The Morgan fingerprint density at radius 1 is 1.04 bits per heavy atom. The van der Waals surface area contributed by atoms with Crippen molar-refractivity contribution in [3.05, 3.63) is 107 Å². The van der Waals surface area contributed by atoms with E-state index in [0.717, 1.165) is 15.9 Å². The Balaban J connectivity index is 1.24. The van der Waals surface area contributed by atoms with Gasteiger partial charge in [-0.05, 0) is 43.5 Å². The molecule has 262 valence electrons. The van der Waals surface area contributed by atoms with Crippen LogP contribution >= 0.6 is 15.9 Å². The number of fused-ring (bicyclic) bond motifs is 1. The van der Waals surface area contributed by atoms with Gasteiger partial charge in [-0.1, -0.05) is 81.4 Å². The predicted octanol–water partition coefficient (Wildman–Crippen LogP) is 6.12. The molecule has 5 aromatic rings. The molecule has 0 spiro atoms.